The summed E-state index contributed by atoms with van der Waals surface area (Å²) in [5.74, 6) is 1.21. The van der Waals surface area contributed by atoms with Crippen LogP contribution in [0.1, 0.15) is 15.2 Å². The summed E-state index contributed by atoms with van der Waals surface area (Å²) in [6.45, 7) is 0.604. The molecule has 0 saturated heterocycles. The van der Waals surface area contributed by atoms with Gasteiger partial charge in [0.15, 0.2) is 16.6 Å². The lowest BCUT2D eigenvalue weighted by atomic mass is 10.1. The van der Waals surface area contributed by atoms with Gasteiger partial charge in [-0.15, -0.1) is 0 Å². The molecule has 7 heteroatoms. The highest BCUT2D eigenvalue weighted by Gasteiger charge is 2.19. The van der Waals surface area contributed by atoms with Crippen LogP contribution >= 0.6 is 11.3 Å². The van der Waals surface area contributed by atoms with E-state index in [4.69, 9.17) is 15.2 Å². The monoisotopic (exact) mass is 353 g/mol. The van der Waals surface area contributed by atoms with Crippen LogP contribution in [0.2, 0.25) is 0 Å². The minimum absolute atomic E-state index is 0.203. The molecular weight excluding hydrogens is 338 g/mol. The average molecular weight is 353 g/mol. The maximum atomic E-state index is 12.6. The van der Waals surface area contributed by atoms with Gasteiger partial charge in [-0.1, -0.05) is 47.7 Å². The van der Waals surface area contributed by atoms with Gasteiger partial charge in [0.1, 0.15) is 4.88 Å². The van der Waals surface area contributed by atoms with Gasteiger partial charge >= 0.3 is 0 Å². The molecular formula is C18H15N3O3S. The number of ether oxygens (including phenoxy) is 2. The van der Waals surface area contributed by atoms with Crippen molar-refractivity contribution in [1.29, 1.82) is 0 Å². The third kappa shape index (κ3) is 3.14. The predicted octanol–water partition coefficient (Wildman–Crippen LogP) is 3.05. The van der Waals surface area contributed by atoms with Gasteiger partial charge in [-0.2, -0.15) is 0 Å². The van der Waals surface area contributed by atoms with Crippen LogP contribution in [0, 0.1) is 0 Å². The summed E-state index contributed by atoms with van der Waals surface area (Å²) < 4.78 is 10.6. The number of nitrogen functional groups attached to an aromatic ring is 1. The summed E-state index contributed by atoms with van der Waals surface area (Å²) in [4.78, 5) is 17.4. The van der Waals surface area contributed by atoms with E-state index in [1.807, 2.05) is 48.5 Å². The van der Waals surface area contributed by atoms with Crippen LogP contribution in [0.3, 0.4) is 0 Å². The normalized spacial score (nSPS) is 12.2. The van der Waals surface area contributed by atoms with Crippen molar-refractivity contribution < 1.29 is 14.3 Å². The molecule has 3 N–H and O–H groups in total. The summed E-state index contributed by atoms with van der Waals surface area (Å²) in [5, 5.41) is 3.28. The summed E-state index contributed by atoms with van der Waals surface area (Å²) in [7, 11) is 0. The number of thiazole rings is 1. The van der Waals surface area contributed by atoms with Crippen molar-refractivity contribution in [2.45, 2.75) is 6.54 Å². The molecule has 2 aromatic carbocycles. The van der Waals surface area contributed by atoms with Gasteiger partial charge in [0.05, 0.1) is 5.69 Å². The molecule has 126 valence electrons. The quantitative estimate of drug-likeness (QED) is 0.753. The third-order valence-corrected chi connectivity index (χ3v) is 4.67. The van der Waals surface area contributed by atoms with Gasteiger partial charge in [0.2, 0.25) is 6.79 Å². The van der Waals surface area contributed by atoms with Crippen LogP contribution in [0.5, 0.6) is 11.5 Å². The van der Waals surface area contributed by atoms with Crippen LogP contribution in [0.4, 0.5) is 5.13 Å². The second kappa shape index (κ2) is 6.45. The fourth-order valence-electron chi connectivity index (χ4n) is 2.60. The van der Waals surface area contributed by atoms with E-state index in [-0.39, 0.29) is 12.7 Å². The highest BCUT2D eigenvalue weighted by Crippen LogP contribution is 2.33. The van der Waals surface area contributed by atoms with Crippen molar-refractivity contribution in [3.63, 3.8) is 0 Å². The first-order chi connectivity index (χ1) is 12.2. The lowest BCUT2D eigenvalue weighted by Gasteiger charge is -2.06. The fraction of sp³-hybridized carbons (Fsp3) is 0.111. The second-order valence-corrected chi connectivity index (χ2v) is 6.50. The molecule has 1 aliphatic heterocycles. The zero-order valence-corrected chi connectivity index (χ0v) is 14.0. The lowest BCUT2D eigenvalue weighted by molar-refractivity contribution is 0.0955. The number of carbonyl (C=O) groups is 1. The first kappa shape index (κ1) is 15.5. The topological polar surface area (TPSA) is 86.5 Å². The smallest absolute Gasteiger partial charge is 0.264 e. The maximum Gasteiger partial charge on any atom is 0.264 e. The van der Waals surface area contributed by atoms with Gasteiger partial charge in [0.25, 0.3) is 5.91 Å². The molecule has 4 rings (SSSR count). The molecule has 25 heavy (non-hydrogen) atoms. The SMILES string of the molecule is Nc1nc(-c2ccccc2)c(C(=O)NCc2ccc3c(c2)OCO3)s1. The van der Waals surface area contributed by atoms with Crippen molar-refractivity contribution >= 4 is 22.4 Å². The number of nitrogens with two attached hydrogens (primary N) is 1. The van der Waals surface area contributed by atoms with Gasteiger partial charge in [-0.3, -0.25) is 4.79 Å². The van der Waals surface area contributed by atoms with Crippen LogP contribution in [0.25, 0.3) is 11.3 Å². The molecule has 0 spiro atoms. The van der Waals surface area contributed by atoms with E-state index in [9.17, 15) is 4.79 Å². The number of amides is 1. The van der Waals surface area contributed by atoms with E-state index < -0.39 is 0 Å². The van der Waals surface area contributed by atoms with Crippen molar-refractivity contribution in [3.8, 4) is 22.8 Å². The number of carbonyl (C=O) groups excluding carboxylic acids is 1. The number of benzene rings is 2. The summed E-state index contributed by atoms with van der Waals surface area (Å²) >= 11 is 1.18. The van der Waals surface area contributed by atoms with Crippen LogP contribution in [0.15, 0.2) is 48.5 Å². The molecule has 1 amide bonds. The number of hydrogen-bond acceptors (Lipinski definition) is 6. The van der Waals surface area contributed by atoms with E-state index in [2.05, 4.69) is 10.3 Å². The number of nitrogens with zero attached hydrogens (tertiary/aromatic N) is 1. The van der Waals surface area contributed by atoms with Crippen LogP contribution < -0.4 is 20.5 Å². The number of aromatic nitrogens is 1. The molecule has 0 atom stereocenters. The van der Waals surface area contributed by atoms with E-state index in [0.29, 0.717) is 28.0 Å². The fourth-order valence-corrected chi connectivity index (χ4v) is 3.37. The van der Waals surface area contributed by atoms with Crippen molar-refractivity contribution in [1.82, 2.24) is 10.3 Å². The first-order valence-electron chi connectivity index (χ1n) is 7.69. The highest BCUT2D eigenvalue weighted by molar-refractivity contribution is 7.17. The standard InChI is InChI=1S/C18H15N3O3S/c19-18-21-15(12-4-2-1-3-5-12)16(25-18)17(22)20-9-11-6-7-13-14(8-11)24-10-23-13/h1-8H,9-10H2,(H2,19,21)(H,20,22). The molecule has 0 radical (unpaired) electrons. The zero-order chi connectivity index (χ0) is 17.2. The Morgan fingerprint density at radius 3 is 2.80 bits per heavy atom. The molecule has 3 aromatic rings. The minimum atomic E-state index is -0.203. The van der Waals surface area contributed by atoms with Crippen molar-refractivity contribution in [2.24, 2.45) is 0 Å². The number of rotatable bonds is 4. The number of hydrogen-bond donors (Lipinski definition) is 2. The van der Waals surface area contributed by atoms with Crippen molar-refractivity contribution in [3.05, 3.63) is 59.0 Å². The molecule has 0 aliphatic carbocycles. The lowest BCUT2D eigenvalue weighted by Crippen LogP contribution is -2.22. The van der Waals surface area contributed by atoms with E-state index in [1.54, 1.807) is 0 Å². The summed E-state index contributed by atoms with van der Waals surface area (Å²) in [6, 6.07) is 15.1. The number of nitrogens with one attached hydrogen (secondary N) is 1. The summed E-state index contributed by atoms with van der Waals surface area (Å²) in [6.07, 6.45) is 0. The van der Waals surface area contributed by atoms with Gasteiger partial charge in [-0.25, -0.2) is 4.98 Å². The number of fused-ring (bicyclic) bond motifs is 1. The predicted molar refractivity (Wildman–Crippen MR) is 95.7 cm³/mol. The Morgan fingerprint density at radius 2 is 1.96 bits per heavy atom. The molecule has 1 aromatic heterocycles. The Bertz CT molecular complexity index is 925. The highest BCUT2D eigenvalue weighted by atomic mass is 32.1. The third-order valence-electron chi connectivity index (χ3n) is 3.79. The number of anilines is 1. The molecule has 1 aliphatic rings. The Balaban J connectivity index is 1.52. The van der Waals surface area contributed by atoms with Crippen molar-refractivity contribution in [2.75, 3.05) is 12.5 Å². The van der Waals surface area contributed by atoms with E-state index in [1.165, 1.54) is 11.3 Å². The maximum absolute atomic E-state index is 12.6. The Hall–Kier alpha value is -3.06. The van der Waals surface area contributed by atoms with Crippen LogP contribution in [-0.4, -0.2) is 17.7 Å². The van der Waals surface area contributed by atoms with E-state index >= 15 is 0 Å². The zero-order valence-electron chi connectivity index (χ0n) is 13.2. The van der Waals surface area contributed by atoms with Crippen LogP contribution in [-0.2, 0) is 6.54 Å². The molecule has 2 heterocycles. The molecule has 0 bridgehead atoms. The Kier molecular flexibility index (Phi) is 3.99. The average Bonchev–Trinajstić information content (AvgIpc) is 3.26. The molecule has 6 nitrogen and oxygen atoms in total. The van der Waals surface area contributed by atoms with Gasteiger partial charge in [0, 0.05) is 12.1 Å². The minimum Gasteiger partial charge on any atom is -0.454 e. The second-order valence-electron chi connectivity index (χ2n) is 5.47. The first-order valence-corrected chi connectivity index (χ1v) is 8.51. The van der Waals surface area contributed by atoms with Gasteiger partial charge < -0.3 is 20.5 Å². The molecule has 0 saturated carbocycles. The molecule has 0 fully saturated rings. The largest absolute Gasteiger partial charge is 0.454 e. The Labute approximate surface area is 148 Å². The van der Waals surface area contributed by atoms with E-state index in [0.717, 1.165) is 16.9 Å². The Morgan fingerprint density at radius 1 is 1.16 bits per heavy atom. The van der Waals surface area contributed by atoms with Gasteiger partial charge in [-0.05, 0) is 17.7 Å². The molecule has 0 unspecified atom stereocenters. The summed E-state index contributed by atoms with van der Waals surface area (Å²) in [5.41, 5.74) is 8.22.